The summed E-state index contributed by atoms with van der Waals surface area (Å²) in [6.07, 6.45) is 0. The number of hydrogen-bond acceptors (Lipinski definition) is 4. The van der Waals surface area contributed by atoms with Crippen molar-refractivity contribution in [2.75, 3.05) is 25.6 Å². The Morgan fingerprint density at radius 2 is 2.00 bits per heavy atom. The molecule has 0 amide bonds. The Morgan fingerprint density at radius 3 is 2.68 bits per heavy atom. The molecule has 0 bridgehead atoms. The van der Waals surface area contributed by atoms with Crippen LogP contribution in [-0.4, -0.2) is 25.2 Å². The number of benzene rings is 1. The van der Waals surface area contributed by atoms with E-state index < -0.39 is 0 Å². The number of rotatable bonds is 5. The number of pyridine rings is 1. The lowest BCUT2D eigenvalue weighted by Crippen LogP contribution is -2.10. The molecule has 1 aromatic carbocycles. The fraction of sp³-hybridized carbons (Fsp3) is 0.200. The smallest absolute Gasteiger partial charge is 0.144 e. The molecule has 1 heterocycles. The molecule has 19 heavy (non-hydrogen) atoms. The third-order valence-electron chi connectivity index (χ3n) is 2.68. The summed E-state index contributed by atoms with van der Waals surface area (Å²) in [5.74, 6) is 0.598. The summed E-state index contributed by atoms with van der Waals surface area (Å²) < 4.78 is 4.98. The van der Waals surface area contributed by atoms with Crippen LogP contribution in [0.25, 0.3) is 11.3 Å². The molecule has 0 saturated heterocycles. The van der Waals surface area contributed by atoms with E-state index in [2.05, 4.69) is 16.4 Å². The van der Waals surface area contributed by atoms with Gasteiger partial charge in [-0.3, -0.25) is 0 Å². The molecule has 1 aromatic heterocycles. The number of nitrogens with zero attached hydrogens (tertiary/aromatic N) is 2. The van der Waals surface area contributed by atoms with E-state index in [4.69, 9.17) is 10.00 Å². The van der Waals surface area contributed by atoms with Gasteiger partial charge in [0.1, 0.15) is 11.9 Å². The maximum atomic E-state index is 9.08. The van der Waals surface area contributed by atoms with Crippen molar-refractivity contribution >= 4 is 5.82 Å². The predicted molar refractivity (Wildman–Crippen MR) is 74.8 cm³/mol. The second-order valence-electron chi connectivity index (χ2n) is 3.99. The SMILES string of the molecule is COCCNc1nc(-c2ccccc2)ccc1C#N. The van der Waals surface area contributed by atoms with Crippen LogP contribution in [0, 0.1) is 11.3 Å². The summed E-state index contributed by atoms with van der Waals surface area (Å²) in [5.41, 5.74) is 2.41. The molecule has 0 radical (unpaired) electrons. The molecule has 0 unspecified atom stereocenters. The van der Waals surface area contributed by atoms with Crippen LogP contribution in [0.1, 0.15) is 5.56 Å². The molecule has 0 aliphatic rings. The average Bonchev–Trinajstić information content (AvgIpc) is 2.48. The van der Waals surface area contributed by atoms with Gasteiger partial charge in [-0.1, -0.05) is 30.3 Å². The highest BCUT2D eigenvalue weighted by Crippen LogP contribution is 2.21. The Balaban J connectivity index is 2.28. The first-order valence-corrected chi connectivity index (χ1v) is 6.04. The first-order chi connectivity index (χ1) is 9.35. The van der Waals surface area contributed by atoms with Gasteiger partial charge in [-0.15, -0.1) is 0 Å². The van der Waals surface area contributed by atoms with Crippen LogP contribution in [0.15, 0.2) is 42.5 Å². The molecule has 0 atom stereocenters. The Morgan fingerprint density at radius 1 is 1.21 bits per heavy atom. The summed E-state index contributed by atoms with van der Waals surface area (Å²) in [6, 6.07) is 15.7. The third kappa shape index (κ3) is 3.30. The van der Waals surface area contributed by atoms with Crippen molar-refractivity contribution in [1.29, 1.82) is 5.26 Å². The van der Waals surface area contributed by atoms with Crippen LogP contribution in [-0.2, 0) is 4.74 Å². The number of ether oxygens (including phenoxy) is 1. The highest BCUT2D eigenvalue weighted by Gasteiger charge is 2.06. The fourth-order valence-corrected chi connectivity index (χ4v) is 1.73. The lowest BCUT2D eigenvalue weighted by atomic mass is 10.1. The second-order valence-corrected chi connectivity index (χ2v) is 3.99. The van der Waals surface area contributed by atoms with Crippen molar-refractivity contribution in [3.05, 3.63) is 48.0 Å². The maximum Gasteiger partial charge on any atom is 0.144 e. The van der Waals surface area contributed by atoms with Crippen molar-refractivity contribution in [1.82, 2.24) is 4.98 Å². The van der Waals surface area contributed by atoms with Crippen molar-refractivity contribution in [2.24, 2.45) is 0 Å². The van der Waals surface area contributed by atoms with Crippen LogP contribution in [0.3, 0.4) is 0 Å². The van der Waals surface area contributed by atoms with E-state index in [1.807, 2.05) is 36.4 Å². The van der Waals surface area contributed by atoms with E-state index in [-0.39, 0.29) is 0 Å². The highest BCUT2D eigenvalue weighted by atomic mass is 16.5. The minimum Gasteiger partial charge on any atom is -0.383 e. The van der Waals surface area contributed by atoms with E-state index in [0.717, 1.165) is 11.3 Å². The monoisotopic (exact) mass is 253 g/mol. The molecule has 4 heteroatoms. The van der Waals surface area contributed by atoms with Gasteiger partial charge in [0.05, 0.1) is 17.9 Å². The molecular weight excluding hydrogens is 238 g/mol. The summed E-state index contributed by atoms with van der Waals surface area (Å²) in [6.45, 7) is 1.19. The van der Waals surface area contributed by atoms with Gasteiger partial charge in [-0.25, -0.2) is 4.98 Å². The normalized spacial score (nSPS) is 9.89. The summed E-state index contributed by atoms with van der Waals surface area (Å²) in [7, 11) is 1.64. The first-order valence-electron chi connectivity index (χ1n) is 6.04. The van der Waals surface area contributed by atoms with Crippen molar-refractivity contribution < 1.29 is 4.74 Å². The van der Waals surface area contributed by atoms with Crippen molar-refractivity contribution in [3.63, 3.8) is 0 Å². The summed E-state index contributed by atoms with van der Waals surface area (Å²) in [4.78, 5) is 4.50. The van der Waals surface area contributed by atoms with Gasteiger partial charge in [0.2, 0.25) is 0 Å². The quantitative estimate of drug-likeness (QED) is 0.832. The van der Waals surface area contributed by atoms with E-state index in [9.17, 15) is 0 Å². The number of methoxy groups -OCH3 is 1. The molecule has 2 rings (SSSR count). The number of anilines is 1. The largest absolute Gasteiger partial charge is 0.383 e. The van der Waals surface area contributed by atoms with Gasteiger partial charge in [0, 0.05) is 19.2 Å². The van der Waals surface area contributed by atoms with Gasteiger partial charge >= 0.3 is 0 Å². The van der Waals surface area contributed by atoms with Crippen LogP contribution in [0.4, 0.5) is 5.82 Å². The van der Waals surface area contributed by atoms with E-state index >= 15 is 0 Å². The predicted octanol–water partition coefficient (Wildman–Crippen LogP) is 2.68. The first kappa shape index (κ1) is 13.1. The van der Waals surface area contributed by atoms with Crippen LogP contribution in [0.2, 0.25) is 0 Å². The molecule has 0 aliphatic carbocycles. The summed E-state index contributed by atoms with van der Waals surface area (Å²) >= 11 is 0. The maximum absolute atomic E-state index is 9.08. The topological polar surface area (TPSA) is 57.9 Å². The van der Waals surface area contributed by atoms with Gasteiger partial charge < -0.3 is 10.1 Å². The zero-order valence-electron chi connectivity index (χ0n) is 10.8. The van der Waals surface area contributed by atoms with Gasteiger partial charge in [-0.2, -0.15) is 5.26 Å². The Kier molecular flexibility index (Phi) is 4.49. The Hall–Kier alpha value is -2.38. The van der Waals surface area contributed by atoms with Gasteiger partial charge in [0.25, 0.3) is 0 Å². The molecule has 0 saturated carbocycles. The number of aromatic nitrogens is 1. The number of nitrogens with one attached hydrogen (secondary N) is 1. The zero-order chi connectivity index (χ0) is 13.5. The van der Waals surface area contributed by atoms with Gasteiger partial charge in [-0.05, 0) is 12.1 Å². The molecule has 0 spiro atoms. The van der Waals surface area contributed by atoms with Gasteiger partial charge in [0.15, 0.2) is 0 Å². The Labute approximate surface area is 112 Å². The van der Waals surface area contributed by atoms with Crippen molar-refractivity contribution in [2.45, 2.75) is 0 Å². The van der Waals surface area contributed by atoms with Crippen molar-refractivity contribution in [3.8, 4) is 17.3 Å². The van der Waals surface area contributed by atoms with Crippen LogP contribution in [0.5, 0.6) is 0 Å². The van der Waals surface area contributed by atoms with Crippen LogP contribution >= 0.6 is 0 Å². The van der Waals surface area contributed by atoms with E-state index in [1.54, 1.807) is 13.2 Å². The molecular formula is C15H15N3O. The lowest BCUT2D eigenvalue weighted by Gasteiger charge is -2.09. The molecule has 0 aliphatic heterocycles. The average molecular weight is 253 g/mol. The lowest BCUT2D eigenvalue weighted by molar-refractivity contribution is 0.210. The molecule has 0 fully saturated rings. The zero-order valence-corrected chi connectivity index (χ0v) is 10.8. The molecule has 1 N–H and O–H groups in total. The molecule has 96 valence electrons. The molecule has 4 nitrogen and oxygen atoms in total. The number of nitriles is 1. The Bertz CT molecular complexity index is 576. The standard InChI is InChI=1S/C15H15N3O/c1-19-10-9-17-15-13(11-16)7-8-14(18-15)12-5-3-2-4-6-12/h2-8H,9-10H2,1H3,(H,17,18). The second kappa shape index (κ2) is 6.53. The van der Waals surface area contributed by atoms with E-state index in [1.165, 1.54) is 0 Å². The number of hydrogen-bond donors (Lipinski definition) is 1. The molecule has 2 aromatic rings. The van der Waals surface area contributed by atoms with E-state index in [0.29, 0.717) is 24.5 Å². The third-order valence-corrected chi connectivity index (χ3v) is 2.68. The fourth-order valence-electron chi connectivity index (χ4n) is 1.73. The minimum absolute atomic E-state index is 0.538. The summed E-state index contributed by atoms with van der Waals surface area (Å²) in [5, 5.41) is 12.2. The highest BCUT2D eigenvalue weighted by molar-refractivity contribution is 5.64. The minimum atomic E-state index is 0.538. The van der Waals surface area contributed by atoms with Crippen LogP contribution < -0.4 is 5.32 Å².